The molecule has 7 heteroatoms. The van der Waals surface area contributed by atoms with Gasteiger partial charge >= 0.3 is 0 Å². The number of hydrogen-bond donors (Lipinski definition) is 0. The summed E-state index contributed by atoms with van der Waals surface area (Å²) in [4.78, 5) is 8.33. The first-order chi connectivity index (χ1) is 7.56. The number of hydrogen-bond acceptors (Lipinski definition) is 6. The molecule has 0 amide bonds. The summed E-state index contributed by atoms with van der Waals surface area (Å²) in [7, 11) is 0. The second-order valence-electron chi connectivity index (χ2n) is 3.18. The van der Waals surface area contributed by atoms with E-state index in [0.717, 1.165) is 10.6 Å². The Morgan fingerprint density at radius 3 is 2.50 bits per heavy atom. The molecule has 0 fully saturated rings. The Morgan fingerprint density at radius 1 is 1.12 bits per heavy atom. The Labute approximate surface area is 102 Å². The van der Waals surface area contributed by atoms with Gasteiger partial charge in [-0.25, -0.2) is 9.97 Å². The highest BCUT2D eigenvalue weighted by Crippen LogP contribution is 2.29. The molecule has 16 heavy (non-hydrogen) atoms. The van der Waals surface area contributed by atoms with Crippen LogP contribution in [-0.2, 0) is 0 Å². The highest BCUT2D eigenvalue weighted by atomic mass is 35.5. The number of halogens is 1. The molecule has 2 rings (SSSR count). The van der Waals surface area contributed by atoms with Gasteiger partial charge in [-0.15, -0.1) is 10.2 Å². The van der Waals surface area contributed by atoms with Crippen LogP contribution in [0.1, 0.15) is 17.3 Å². The van der Waals surface area contributed by atoms with E-state index in [0.29, 0.717) is 22.1 Å². The molecule has 0 radical (unpaired) electrons. The van der Waals surface area contributed by atoms with Crippen LogP contribution in [0.15, 0.2) is 14.7 Å². The van der Waals surface area contributed by atoms with E-state index < -0.39 is 0 Å². The van der Waals surface area contributed by atoms with Crippen molar-refractivity contribution in [3.8, 4) is 0 Å². The maximum atomic E-state index is 5.96. The second-order valence-corrected chi connectivity index (χ2v) is 4.48. The lowest BCUT2D eigenvalue weighted by Gasteiger charge is -2.03. The van der Waals surface area contributed by atoms with E-state index in [9.17, 15) is 0 Å². The zero-order chi connectivity index (χ0) is 11.7. The molecule has 0 bridgehead atoms. The van der Waals surface area contributed by atoms with Gasteiger partial charge < -0.3 is 4.42 Å². The molecule has 2 aromatic rings. The molecule has 0 spiro atoms. The maximum Gasteiger partial charge on any atom is 0.282 e. The van der Waals surface area contributed by atoms with Crippen LogP contribution in [0.2, 0.25) is 5.15 Å². The topological polar surface area (TPSA) is 64.7 Å². The van der Waals surface area contributed by atoms with Gasteiger partial charge in [0.25, 0.3) is 5.22 Å². The lowest BCUT2D eigenvalue weighted by Crippen LogP contribution is -1.95. The molecular weight excluding hydrogens is 248 g/mol. The number of aryl methyl sites for hydroxylation is 2. The van der Waals surface area contributed by atoms with Gasteiger partial charge in [-0.2, -0.15) is 0 Å². The van der Waals surface area contributed by atoms with Gasteiger partial charge in [0.05, 0.1) is 0 Å². The van der Waals surface area contributed by atoms with Crippen molar-refractivity contribution in [1.82, 2.24) is 20.2 Å². The van der Waals surface area contributed by atoms with Crippen LogP contribution < -0.4 is 0 Å². The highest BCUT2D eigenvalue weighted by Gasteiger charge is 2.12. The predicted molar refractivity (Wildman–Crippen MR) is 59.7 cm³/mol. The van der Waals surface area contributed by atoms with E-state index >= 15 is 0 Å². The molecule has 5 nitrogen and oxygen atoms in total. The molecule has 0 saturated carbocycles. The summed E-state index contributed by atoms with van der Waals surface area (Å²) in [5.74, 6) is 1.14. The smallest absolute Gasteiger partial charge is 0.282 e. The van der Waals surface area contributed by atoms with Gasteiger partial charge in [0.2, 0.25) is 5.89 Å². The lowest BCUT2D eigenvalue weighted by molar-refractivity contribution is 0.429. The molecule has 0 aromatic carbocycles. The van der Waals surface area contributed by atoms with Gasteiger partial charge in [0.15, 0.2) is 0 Å². The van der Waals surface area contributed by atoms with Crippen LogP contribution in [0.4, 0.5) is 0 Å². The summed E-state index contributed by atoms with van der Waals surface area (Å²) in [6.45, 7) is 5.38. The SMILES string of the molecule is Cc1nc(Cl)c(C)c(Sc2nnc(C)o2)n1. The second kappa shape index (κ2) is 4.39. The van der Waals surface area contributed by atoms with Gasteiger partial charge in [-0.3, -0.25) is 0 Å². The van der Waals surface area contributed by atoms with Crippen molar-refractivity contribution in [2.75, 3.05) is 0 Å². The van der Waals surface area contributed by atoms with Crippen molar-refractivity contribution < 1.29 is 4.42 Å². The molecule has 0 aliphatic rings. The van der Waals surface area contributed by atoms with Crippen molar-refractivity contribution in [3.63, 3.8) is 0 Å². The Kier molecular flexibility index (Phi) is 3.11. The summed E-state index contributed by atoms with van der Waals surface area (Å²) >= 11 is 7.25. The number of rotatable bonds is 2. The van der Waals surface area contributed by atoms with Crippen molar-refractivity contribution in [2.24, 2.45) is 0 Å². The average Bonchev–Trinajstić information content (AvgIpc) is 2.60. The Hall–Kier alpha value is -1.14. The molecule has 0 aliphatic carbocycles. The van der Waals surface area contributed by atoms with Crippen molar-refractivity contribution in [2.45, 2.75) is 31.0 Å². The van der Waals surface area contributed by atoms with E-state index in [1.54, 1.807) is 13.8 Å². The van der Waals surface area contributed by atoms with E-state index in [1.807, 2.05) is 6.92 Å². The van der Waals surface area contributed by atoms with Crippen molar-refractivity contribution in [1.29, 1.82) is 0 Å². The third-order valence-electron chi connectivity index (χ3n) is 1.85. The third kappa shape index (κ3) is 2.33. The monoisotopic (exact) mass is 256 g/mol. The minimum absolute atomic E-state index is 0.450. The van der Waals surface area contributed by atoms with Crippen molar-refractivity contribution in [3.05, 3.63) is 22.4 Å². The Bertz CT molecular complexity index is 528. The van der Waals surface area contributed by atoms with E-state index in [4.69, 9.17) is 16.0 Å². The molecule has 84 valence electrons. The quantitative estimate of drug-likeness (QED) is 0.770. The first-order valence-corrected chi connectivity index (χ1v) is 5.74. The molecule has 2 aromatic heterocycles. The predicted octanol–water partition coefficient (Wildman–Crippen LogP) is 2.59. The standard InChI is InChI=1S/C9H9ClN4OS/c1-4-7(10)11-5(2)12-8(4)16-9-14-13-6(3)15-9/h1-3H3. The fourth-order valence-electron chi connectivity index (χ4n) is 1.07. The summed E-state index contributed by atoms with van der Waals surface area (Å²) in [5.41, 5.74) is 0.813. The molecule has 0 unspecified atom stereocenters. The minimum atomic E-state index is 0.450. The normalized spacial score (nSPS) is 10.8. The molecule has 2 heterocycles. The van der Waals surface area contributed by atoms with E-state index in [-0.39, 0.29) is 0 Å². The van der Waals surface area contributed by atoms with Crippen LogP contribution >= 0.6 is 23.4 Å². The van der Waals surface area contributed by atoms with Crippen LogP contribution in [0, 0.1) is 20.8 Å². The number of aromatic nitrogens is 4. The summed E-state index contributed by atoms with van der Waals surface area (Å²) in [6, 6.07) is 0. The van der Waals surface area contributed by atoms with Crippen molar-refractivity contribution >= 4 is 23.4 Å². The first kappa shape index (κ1) is 11.3. The Morgan fingerprint density at radius 2 is 1.88 bits per heavy atom. The largest absolute Gasteiger partial charge is 0.416 e. The zero-order valence-electron chi connectivity index (χ0n) is 8.98. The molecule has 0 N–H and O–H groups in total. The summed E-state index contributed by atoms with van der Waals surface area (Å²) < 4.78 is 5.26. The van der Waals surface area contributed by atoms with Crippen LogP contribution in [0.25, 0.3) is 0 Å². The molecule has 0 aliphatic heterocycles. The lowest BCUT2D eigenvalue weighted by atomic mass is 10.4. The Balaban J connectivity index is 2.34. The third-order valence-corrected chi connectivity index (χ3v) is 3.14. The van der Waals surface area contributed by atoms with Crippen LogP contribution in [-0.4, -0.2) is 20.2 Å². The van der Waals surface area contributed by atoms with E-state index in [1.165, 1.54) is 11.8 Å². The average molecular weight is 257 g/mol. The molecule has 0 atom stereocenters. The fourth-order valence-corrected chi connectivity index (χ4v) is 2.18. The van der Waals surface area contributed by atoms with Gasteiger partial charge in [0, 0.05) is 12.5 Å². The maximum absolute atomic E-state index is 5.96. The molecule has 0 saturated heterocycles. The summed E-state index contributed by atoms with van der Waals surface area (Å²) in [6.07, 6.45) is 0. The zero-order valence-corrected chi connectivity index (χ0v) is 10.6. The van der Waals surface area contributed by atoms with Crippen LogP contribution in [0.5, 0.6) is 0 Å². The number of nitrogens with zero attached hydrogens (tertiary/aromatic N) is 4. The highest BCUT2D eigenvalue weighted by molar-refractivity contribution is 7.99. The minimum Gasteiger partial charge on any atom is -0.416 e. The van der Waals surface area contributed by atoms with Gasteiger partial charge in [-0.1, -0.05) is 11.6 Å². The van der Waals surface area contributed by atoms with Gasteiger partial charge in [0.1, 0.15) is 16.0 Å². The van der Waals surface area contributed by atoms with Crippen LogP contribution in [0.3, 0.4) is 0 Å². The summed E-state index contributed by atoms with van der Waals surface area (Å²) in [5, 5.41) is 9.27. The van der Waals surface area contributed by atoms with E-state index in [2.05, 4.69) is 20.2 Å². The fraction of sp³-hybridized carbons (Fsp3) is 0.333. The van der Waals surface area contributed by atoms with Gasteiger partial charge in [-0.05, 0) is 25.6 Å². The first-order valence-electron chi connectivity index (χ1n) is 4.55. The molecular formula is C9H9ClN4OS.